The van der Waals surface area contributed by atoms with Crippen LogP contribution in [0.25, 0.3) is 0 Å². The fraction of sp³-hybridized carbons (Fsp3) is 1.00. The van der Waals surface area contributed by atoms with E-state index in [1.807, 2.05) is 0 Å². The minimum absolute atomic E-state index is 0.492. The first-order valence-electron chi connectivity index (χ1n) is 10.5. The maximum Gasteiger partial charge on any atom is 0.00389 e. The number of hydrogen-bond donors (Lipinski definition) is 1. The predicted molar refractivity (Wildman–Crippen MR) is 98.0 cm³/mol. The largest absolute Gasteiger partial charge is 0.328 e. The van der Waals surface area contributed by atoms with Crippen LogP contribution in [0.5, 0.6) is 0 Å². The van der Waals surface area contributed by atoms with Gasteiger partial charge in [0, 0.05) is 6.04 Å². The summed E-state index contributed by atoms with van der Waals surface area (Å²) in [6.45, 7) is 2.36. The molecule has 0 radical (unpaired) electrons. The van der Waals surface area contributed by atoms with Gasteiger partial charge in [0.1, 0.15) is 0 Å². The minimum Gasteiger partial charge on any atom is -0.328 e. The monoisotopic (exact) mass is 307 g/mol. The highest BCUT2D eigenvalue weighted by molar-refractivity contribution is 4.77. The maximum absolute atomic E-state index is 6.30. The van der Waals surface area contributed by atoms with Crippen LogP contribution in [0.4, 0.5) is 0 Å². The van der Waals surface area contributed by atoms with Crippen LogP contribution in [-0.4, -0.2) is 6.04 Å². The molecule has 0 aliphatic heterocycles. The van der Waals surface area contributed by atoms with Crippen LogP contribution >= 0.6 is 0 Å². The van der Waals surface area contributed by atoms with Gasteiger partial charge in [0.15, 0.2) is 0 Å². The van der Waals surface area contributed by atoms with Crippen molar-refractivity contribution < 1.29 is 0 Å². The lowest BCUT2D eigenvalue weighted by Crippen LogP contribution is -2.22. The fourth-order valence-electron chi connectivity index (χ4n) is 5.14. The first-order chi connectivity index (χ1) is 10.8. The Kier molecular flexibility index (Phi) is 8.89. The Hall–Kier alpha value is -0.0400. The van der Waals surface area contributed by atoms with Gasteiger partial charge >= 0.3 is 0 Å². The van der Waals surface area contributed by atoms with Gasteiger partial charge in [-0.15, -0.1) is 0 Å². The highest BCUT2D eigenvalue weighted by Gasteiger charge is 2.24. The van der Waals surface area contributed by atoms with Gasteiger partial charge in [-0.3, -0.25) is 0 Å². The Morgan fingerprint density at radius 3 is 2.05 bits per heavy atom. The molecule has 22 heavy (non-hydrogen) atoms. The zero-order chi connectivity index (χ0) is 15.6. The molecule has 0 aromatic rings. The van der Waals surface area contributed by atoms with Gasteiger partial charge < -0.3 is 5.73 Å². The Balaban J connectivity index is 1.85. The molecular formula is C21H41N. The van der Waals surface area contributed by atoms with Crippen LogP contribution < -0.4 is 5.73 Å². The SMILES string of the molecule is CCCC1CCCCC(C2CCCCCC(N)CC2)CCC1. The normalized spacial score (nSPS) is 36.3. The number of hydrogen-bond acceptors (Lipinski definition) is 1. The van der Waals surface area contributed by atoms with Gasteiger partial charge in [-0.25, -0.2) is 0 Å². The van der Waals surface area contributed by atoms with E-state index in [4.69, 9.17) is 5.73 Å². The summed E-state index contributed by atoms with van der Waals surface area (Å²) in [4.78, 5) is 0. The van der Waals surface area contributed by atoms with Gasteiger partial charge in [-0.2, -0.15) is 0 Å². The van der Waals surface area contributed by atoms with E-state index in [1.54, 1.807) is 0 Å². The quantitative estimate of drug-likeness (QED) is 0.637. The fourth-order valence-corrected chi connectivity index (χ4v) is 5.14. The Labute approximate surface area is 139 Å². The Morgan fingerprint density at radius 2 is 1.23 bits per heavy atom. The van der Waals surface area contributed by atoms with E-state index in [0.717, 1.165) is 17.8 Å². The topological polar surface area (TPSA) is 26.0 Å². The molecule has 0 bridgehead atoms. The van der Waals surface area contributed by atoms with Crippen LogP contribution in [0.2, 0.25) is 0 Å². The molecule has 2 fully saturated rings. The molecule has 0 amide bonds. The van der Waals surface area contributed by atoms with E-state index in [9.17, 15) is 0 Å². The second-order valence-corrected chi connectivity index (χ2v) is 8.37. The third kappa shape index (κ3) is 6.60. The zero-order valence-corrected chi connectivity index (χ0v) is 15.2. The third-order valence-electron chi connectivity index (χ3n) is 6.55. The van der Waals surface area contributed by atoms with Crippen LogP contribution in [0.1, 0.15) is 110 Å². The molecular weight excluding hydrogens is 266 g/mol. The third-order valence-corrected chi connectivity index (χ3v) is 6.55. The molecule has 0 aromatic heterocycles. The van der Waals surface area contributed by atoms with Crippen LogP contribution in [0.15, 0.2) is 0 Å². The predicted octanol–water partition coefficient (Wildman–Crippen LogP) is 6.45. The van der Waals surface area contributed by atoms with Crippen molar-refractivity contribution >= 4 is 0 Å². The molecule has 2 aliphatic carbocycles. The standard InChI is InChI=1S/C21H41N/c1-2-9-18-10-6-7-13-19(14-8-11-18)20-12-4-3-5-15-21(22)17-16-20/h18-21H,2-17,22H2,1H3. The Morgan fingerprint density at radius 1 is 0.636 bits per heavy atom. The van der Waals surface area contributed by atoms with E-state index in [2.05, 4.69) is 6.92 Å². The van der Waals surface area contributed by atoms with Crippen molar-refractivity contribution in [3.63, 3.8) is 0 Å². The van der Waals surface area contributed by atoms with Crippen LogP contribution in [-0.2, 0) is 0 Å². The summed E-state index contributed by atoms with van der Waals surface area (Å²) in [6, 6.07) is 0.492. The van der Waals surface area contributed by atoms with Gasteiger partial charge in [0.25, 0.3) is 0 Å². The molecule has 1 nitrogen and oxygen atoms in total. The van der Waals surface area contributed by atoms with E-state index in [-0.39, 0.29) is 0 Å². The first kappa shape index (κ1) is 18.3. The summed E-state index contributed by atoms with van der Waals surface area (Å²) in [5.74, 6) is 3.05. The summed E-state index contributed by atoms with van der Waals surface area (Å²) < 4.78 is 0. The average Bonchev–Trinajstić information content (AvgIpc) is 2.69. The summed E-state index contributed by atoms with van der Waals surface area (Å²) in [5.41, 5.74) is 6.30. The van der Waals surface area contributed by atoms with E-state index < -0.39 is 0 Å². The van der Waals surface area contributed by atoms with E-state index in [1.165, 1.54) is 103 Å². The maximum atomic E-state index is 6.30. The second kappa shape index (κ2) is 10.7. The van der Waals surface area contributed by atoms with Crippen molar-refractivity contribution in [1.29, 1.82) is 0 Å². The zero-order valence-electron chi connectivity index (χ0n) is 15.2. The second-order valence-electron chi connectivity index (χ2n) is 8.37. The molecule has 4 atom stereocenters. The first-order valence-corrected chi connectivity index (χ1v) is 10.5. The van der Waals surface area contributed by atoms with Gasteiger partial charge in [0.2, 0.25) is 0 Å². The van der Waals surface area contributed by atoms with Crippen LogP contribution in [0.3, 0.4) is 0 Å². The molecule has 2 saturated carbocycles. The molecule has 0 heterocycles. The highest BCUT2D eigenvalue weighted by Crippen LogP contribution is 2.36. The highest BCUT2D eigenvalue weighted by atomic mass is 14.6. The molecule has 130 valence electrons. The molecule has 2 aliphatic rings. The van der Waals surface area contributed by atoms with Crippen molar-refractivity contribution in [2.24, 2.45) is 23.5 Å². The number of nitrogens with two attached hydrogens (primary N) is 1. The van der Waals surface area contributed by atoms with Crippen molar-refractivity contribution in [2.45, 2.75) is 116 Å². The smallest absolute Gasteiger partial charge is 0.00389 e. The lowest BCUT2D eigenvalue weighted by molar-refractivity contribution is 0.243. The summed E-state index contributed by atoms with van der Waals surface area (Å²) in [7, 11) is 0. The molecule has 0 aromatic carbocycles. The minimum atomic E-state index is 0.492. The van der Waals surface area contributed by atoms with Gasteiger partial charge in [0.05, 0.1) is 0 Å². The number of rotatable bonds is 3. The summed E-state index contributed by atoms with van der Waals surface area (Å²) in [6.07, 6.45) is 23.1. The lowest BCUT2D eigenvalue weighted by atomic mass is 9.79. The average molecular weight is 308 g/mol. The molecule has 0 spiro atoms. The van der Waals surface area contributed by atoms with Crippen molar-refractivity contribution in [3.05, 3.63) is 0 Å². The Bertz CT molecular complexity index is 275. The van der Waals surface area contributed by atoms with Gasteiger partial charge in [-0.05, 0) is 37.0 Å². The van der Waals surface area contributed by atoms with Gasteiger partial charge in [-0.1, -0.05) is 90.4 Å². The molecule has 4 unspecified atom stereocenters. The van der Waals surface area contributed by atoms with E-state index in [0.29, 0.717) is 6.04 Å². The van der Waals surface area contributed by atoms with Crippen molar-refractivity contribution in [1.82, 2.24) is 0 Å². The summed E-state index contributed by atoms with van der Waals surface area (Å²) in [5, 5.41) is 0. The van der Waals surface area contributed by atoms with E-state index >= 15 is 0 Å². The van der Waals surface area contributed by atoms with Crippen molar-refractivity contribution in [2.75, 3.05) is 0 Å². The molecule has 2 N–H and O–H groups in total. The summed E-state index contributed by atoms with van der Waals surface area (Å²) >= 11 is 0. The molecule has 0 saturated heterocycles. The molecule has 1 heteroatoms. The van der Waals surface area contributed by atoms with Crippen LogP contribution in [0, 0.1) is 17.8 Å². The van der Waals surface area contributed by atoms with Crippen molar-refractivity contribution in [3.8, 4) is 0 Å². The molecule has 2 rings (SSSR count). The lowest BCUT2D eigenvalue weighted by Gasteiger charge is -2.27.